The number of carbonyl (C=O) groups is 1. The molecule has 4 fully saturated rings. The van der Waals surface area contributed by atoms with Gasteiger partial charge in [0, 0.05) is 12.1 Å². The summed E-state index contributed by atoms with van der Waals surface area (Å²) < 4.78 is 48.2. The molecular formula is C25H31BrF3NO2. The first-order valence-corrected chi connectivity index (χ1v) is 12.5. The van der Waals surface area contributed by atoms with Gasteiger partial charge in [0.25, 0.3) is 0 Å². The molecule has 5 atom stereocenters. The van der Waals surface area contributed by atoms with E-state index in [1.807, 2.05) is 6.92 Å². The van der Waals surface area contributed by atoms with Crippen LogP contribution in [0, 0.1) is 28.6 Å². The molecule has 1 aromatic rings. The van der Waals surface area contributed by atoms with Gasteiger partial charge in [-0.3, -0.25) is 0 Å². The van der Waals surface area contributed by atoms with Gasteiger partial charge in [-0.2, -0.15) is 13.2 Å². The molecule has 1 aromatic heterocycles. The number of alkyl halides is 3. The van der Waals surface area contributed by atoms with Gasteiger partial charge in [-0.1, -0.05) is 20.8 Å². The monoisotopic (exact) mass is 513 g/mol. The molecule has 2 bridgehead atoms. The van der Waals surface area contributed by atoms with Crippen molar-refractivity contribution in [3.8, 4) is 0 Å². The van der Waals surface area contributed by atoms with Crippen molar-refractivity contribution < 1.29 is 22.7 Å². The summed E-state index contributed by atoms with van der Waals surface area (Å²) in [6.45, 7) is 8.96. The fraction of sp³-hybridized carbons (Fsp3) is 0.760. The molecule has 4 aliphatic carbocycles. The Morgan fingerprint density at radius 3 is 2.44 bits per heavy atom. The summed E-state index contributed by atoms with van der Waals surface area (Å²) in [6.07, 6.45) is 2.09. The lowest BCUT2D eigenvalue weighted by Gasteiger charge is -2.46. The average Bonchev–Trinajstić information content (AvgIpc) is 3.40. The topological polar surface area (TPSA) is 39.2 Å². The van der Waals surface area contributed by atoms with E-state index in [-0.39, 0.29) is 35.3 Å². The number of esters is 1. The van der Waals surface area contributed by atoms with E-state index in [1.165, 1.54) is 25.1 Å². The highest BCUT2D eigenvalue weighted by atomic mass is 79.9. The van der Waals surface area contributed by atoms with Crippen LogP contribution in [0.15, 0.2) is 16.9 Å². The van der Waals surface area contributed by atoms with Gasteiger partial charge in [-0.25, -0.2) is 9.78 Å². The third-order valence-electron chi connectivity index (χ3n) is 9.99. The fourth-order valence-corrected chi connectivity index (χ4v) is 8.40. The van der Waals surface area contributed by atoms with Gasteiger partial charge in [0.1, 0.15) is 10.2 Å². The van der Waals surface area contributed by atoms with Crippen LogP contribution >= 0.6 is 15.9 Å². The maximum atomic E-state index is 13.9. The zero-order valence-electron chi connectivity index (χ0n) is 19.1. The SMILES string of the molecule is C[C@@H]1CC[C@H]2C(C)(C)[C@H]3C[C@@]12CC[C@@]3(C)OC(=O)c1cnc(Br)cc1C1(C(F)(F)F)CC1. The van der Waals surface area contributed by atoms with Crippen molar-refractivity contribution in [2.75, 3.05) is 0 Å². The van der Waals surface area contributed by atoms with Gasteiger partial charge in [0.15, 0.2) is 0 Å². The summed E-state index contributed by atoms with van der Waals surface area (Å²) in [5, 5.41) is 0. The lowest BCUT2D eigenvalue weighted by Crippen LogP contribution is -2.47. The van der Waals surface area contributed by atoms with Crippen LogP contribution in [0.25, 0.3) is 0 Å². The molecule has 7 heteroatoms. The summed E-state index contributed by atoms with van der Waals surface area (Å²) in [4.78, 5) is 17.5. The minimum absolute atomic E-state index is 0.0103. The van der Waals surface area contributed by atoms with Crippen LogP contribution in [-0.4, -0.2) is 22.7 Å². The number of fused-ring (bicyclic) bond motifs is 1. The largest absolute Gasteiger partial charge is 0.455 e. The smallest absolute Gasteiger partial charge is 0.398 e. The van der Waals surface area contributed by atoms with E-state index in [2.05, 4.69) is 41.7 Å². The quantitative estimate of drug-likeness (QED) is 0.316. The van der Waals surface area contributed by atoms with Gasteiger partial charge in [-0.05, 0) is 102 Å². The molecule has 32 heavy (non-hydrogen) atoms. The van der Waals surface area contributed by atoms with Crippen molar-refractivity contribution in [1.82, 2.24) is 4.98 Å². The van der Waals surface area contributed by atoms with Crippen LogP contribution in [0.1, 0.15) is 88.6 Å². The van der Waals surface area contributed by atoms with Crippen molar-refractivity contribution >= 4 is 21.9 Å². The van der Waals surface area contributed by atoms with Gasteiger partial charge >= 0.3 is 12.1 Å². The van der Waals surface area contributed by atoms with E-state index in [0.29, 0.717) is 21.9 Å². The standard InChI is InChI=1S/C25H31BrF3NO2/c1-14-5-6-17-21(2,3)18-12-23(14,17)8-7-22(18,4)32-20(31)15-13-30-19(26)11-16(15)24(9-10-24)25(27,28)29/h11,13-14,17-18H,5-10,12H2,1-4H3/t14-,17+,18-,22-,23+/m1/s1. The number of pyridine rings is 1. The Morgan fingerprint density at radius 2 is 1.81 bits per heavy atom. The third kappa shape index (κ3) is 2.91. The minimum Gasteiger partial charge on any atom is -0.455 e. The van der Waals surface area contributed by atoms with Gasteiger partial charge in [-0.15, -0.1) is 0 Å². The van der Waals surface area contributed by atoms with E-state index in [4.69, 9.17) is 4.74 Å². The molecule has 0 amide bonds. The second-order valence-corrected chi connectivity index (χ2v) is 12.5. The normalized spacial score (nSPS) is 38.9. The highest BCUT2D eigenvalue weighted by Crippen LogP contribution is 2.73. The number of nitrogens with zero attached hydrogens (tertiary/aromatic N) is 1. The lowest BCUT2D eigenvalue weighted by atomic mass is 9.64. The summed E-state index contributed by atoms with van der Waals surface area (Å²) in [5.74, 6) is 0.806. The number of ether oxygens (including phenoxy) is 1. The number of aromatic nitrogens is 1. The molecule has 0 N–H and O–H groups in total. The molecule has 4 aliphatic rings. The molecule has 4 saturated carbocycles. The van der Waals surface area contributed by atoms with Crippen LogP contribution in [0.5, 0.6) is 0 Å². The van der Waals surface area contributed by atoms with E-state index in [1.54, 1.807) is 0 Å². The Hall–Kier alpha value is -1.11. The zero-order chi connectivity index (χ0) is 23.3. The van der Waals surface area contributed by atoms with Crippen molar-refractivity contribution in [1.29, 1.82) is 0 Å². The molecule has 0 aliphatic heterocycles. The number of rotatable bonds is 3. The zero-order valence-corrected chi connectivity index (χ0v) is 20.7. The van der Waals surface area contributed by atoms with Crippen molar-refractivity contribution in [2.45, 2.75) is 89.8 Å². The molecule has 1 heterocycles. The fourth-order valence-electron chi connectivity index (χ4n) is 8.07. The second kappa shape index (κ2) is 6.73. The molecule has 0 aromatic carbocycles. The summed E-state index contributed by atoms with van der Waals surface area (Å²) >= 11 is 3.18. The van der Waals surface area contributed by atoms with E-state index in [0.717, 1.165) is 19.3 Å². The van der Waals surface area contributed by atoms with E-state index in [9.17, 15) is 18.0 Å². The van der Waals surface area contributed by atoms with Gasteiger partial charge in [0.2, 0.25) is 0 Å². The molecule has 0 unspecified atom stereocenters. The predicted molar refractivity (Wildman–Crippen MR) is 118 cm³/mol. The Balaban J connectivity index is 1.47. The summed E-state index contributed by atoms with van der Waals surface area (Å²) in [6, 6.07) is 1.35. The predicted octanol–water partition coefficient (Wildman–Crippen LogP) is 7.23. The first kappa shape index (κ1) is 22.7. The number of hydrogen-bond donors (Lipinski definition) is 0. The Kier molecular flexibility index (Phi) is 4.77. The van der Waals surface area contributed by atoms with Crippen LogP contribution in [-0.2, 0) is 10.2 Å². The Labute approximate surface area is 196 Å². The average molecular weight is 514 g/mol. The molecule has 3 nitrogen and oxygen atoms in total. The van der Waals surface area contributed by atoms with Crippen molar-refractivity contribution in [3.63, 3.8) is 0 Å². The second-order valence-electron chi connectivity index (χ2n) is 11.7. The maximum absolute atomic E-state index is 13.9. The van der Waals surface area contributed by atoms with Crippen LogP contribution in [0.2, 0.25) is 0 Å². The van der Waals surface area contributed by atoms with Crippen molar-refractivity contribution in [2.24, 2.45) is 28.6 Å². The Morgan fingerprint density at radius 1 is 1.12 bits per heavy atom. The minimum atomic E-state index is -4.41. The van der Waals surface area contributed by atoms with E-state index >= 15 is 0 Å². The molecule has 176 valence electrons. The highest BCUT2D eigenvalue weighted by Gasteiger charge is 2.69. The van der Waals surface area contributed by atoms with Crippen LogP contribution in [0.3, 0.4) is 0 Å². The van der Waals surface area contributed by atoms with Gasteiger partial charge < -0.3 is 4.74 Å². The first-order chi connectivity index (χ1) is 14.8. The molecule has 1 spiro atoms. The molecular weight excluding hydrogens is 483 g/mol. The number of carbonyl (C=O) groups excluding carboxylic acids is 1. The maximum Gasteiger partial charge on any atom is 0.398 e. The molecule has 0 saturated heterocycles. The van der Waals surface area contributed by atoms with E-state index < -0.39 is 23.2 Å². The summed E-state index contributed by atoms with van der Waals surface area (Å²) in [5.41, 5.74) is -2.36. The number of halogens is 4. The summed E-state index contributed by atoms with van der Waals surface area (Å²) in [7, 11) is 0. The first-order valence-electron chi connectivity index (χ1n) is 11.7. The molecule has 5 rings (SSSR count). The third-order valence-corrected chi connectivity index (χ3v) is 10.4. The van der Waals surface area contributed by atoms with Crippen LogP contribution < -0.4 is 0 Å². The number of hydrogen-bond acceptors (Lipinski definition) is 3. The Bertz CT molecular complexity index is 972. The lowest BCUT2D eigenvalue weighted by molar-refractivity contribution is -0.160. The van der Waals surface area contributed by atoms with Crippen LogP contribution in [0.4, 0.5) is 13.2 Å². The van der Waals surface area contributed by atoms with Crippen molar-refractivity contribution in [3.05, 3.63) is 28.0 Å². The highest BCUT2D eigenvalue weighted by molar-refractivity contribution is 9.10. The van der Waals surface area contributed by atoms with Gasteiger partial charge in [0.05, 0.1) is 11.0 Å². The molecule has 0 radical (unpaired) electrons.